The number of hydrogen-bond acceptors (Lipinski definition) is 41. The smallest absolute Gasteiger partial charge is 0.373 e. The molecule has 1 aliphatic heterocycles. The summed E-state index contributed by atoms with van der Waals surface area (Å²) in [5.74, 6) is 13.8. The van der Waals surface area contributed by atoms with E-state index in [0.717, 1.165) is 93.0 Å². The van der Waals surface area contributed by atoms with Crippen LogP contribution in [0, 0.1) is 12.3 Å². The van der Waals surface area contributed by atoms with Crippen molar-refractivity contribution in [2.45, 2.75) is 78.1 Å². The van der Waals surface area contributed by atoms with Gasteiger partial charge in [0.1, 0.15) is 95.6 Å². The number of aromatic nitrogens is 24. The quantitative estimate of drug-likeness (QED) is 0.0276. The number of H-pyrrole nitrogens is 8. The molecule has 19 rings (SSSR count). The Bertz CT molecular complexity index is 6520. The van der Waals surface area contributed by atoms with Crippen molar-refractivity contribution in [1.29, 1.82) is 0 Å². The lowest BCUT2D eigenvalue weighted by molar-refractivity contribution is -0.193. The zero-order valence-corrected chi connectivity index (χ0v) is 77.1. The minimum atomic E-state index is 0.250. The molecule has 0 bridgehead atoms. The molecule has 9 heterocycles. The Balaban J connectivity index is 0.000000334. The summed E-state index contributed by atoms with van der Waals surface area (Å²) >= 11 is 0. The molecule has 0 amide bonds. The number of allylic oxidation sites excluding steroid dienone is 2. The Hall–Kier alpha value is -21.4. The molecular formula is C96H87N25O24. The van der Waals surface area contributed by atoms with Crippen LogP contribution in [0.1, 0.15) is 117 Å². The van der Waals surface area contributed by atoms with E-state index in [9.17, 15) is 0 Å². The van der Waals surface area contributed by atoms with E-state index in [2.05, 4.69) is 217 Å². The van der Waals surface area contributed by atoms with E-state index in [4.69, 9.17) is 121 Å². The second-order valence-electron chi connectivity index (χ2n) is 27.6. The number of ether oxygens (including phenoxy) is 8. The molecule has 49 heteroatoms. The van der Waals surface area contributed by atoms with Crippen LogP contribution in [0.4, 0.5) is 5.69 Å². The van der Waals surface area contributed by atoms with Gasteiger partial charge in [-0.1, -0.05) is 139 Å². The number of benzene rings is 8. The Morgan fingerprint density at radius 2 is 0.559 bits per heavy atom. The number of anilines is 1. The summed E-state index contributed by atoms with van der Waals surface area (Å²) < 4.78 is 43.7. The minimum Gasteiger partial charge on any atom is -0.436 e. The fourth-order valence-corrected chi connectivity index (χ4v) is 11.1. The largest absolute Gasteiger partial charge is 0.436 e. The van der Waals surface area contributed by atoms with Gasteiger partial charge in [0.25, 0.3) is 47.0 Å². The molecule has 2 aliphatic carbocycles. The molecule has 1 saturated heterocycles. The zero-order chi connectivity index (χ0) is 106. The molecule has 8 aromatic carbocycles. The SMILES string of the molecule is C#Cc1cccc(Oc2cn[nH]n2)c1.C=Cc1ccc(Oc2cn[nH]n2)cc1.C=Cc1cccc(Oc2cn[nH]n2)c1.CC(C)=Cc1ccc(Oc2cn[nH]n2)cc1.CC(C)=Cc1cccc(Oc2cn[nH]n2)c1.O=C=O.O=C=O.O=C=O.O=C=O.O=C=O.O=C=O.O=C=O.O=C=O.c1cc(C2CC2)ccc1Oc1cn[nH]n1.c1cc(Oc2cn[nH]n2)cc(C2CC2)c1.c1cc(Oc2cn[nH]n2)cc(N2CCCC2)c1. The molecule has 145 heavy (non-hydrogen) atoms. The summed E-state index contributed by atoms with van der Waals surface area (Å²) in [7, 11) is 0. The first kappa shape index (κ1) is 116. The summed E-state index contributed by atoms with van der Waals surface area (Å²) in [5.41, 5.74) is 11.6. The van der Waals surface area contributed by atoms with Crippen LogP contribution < -0.4 is 42.8 Å². The Morgan fingerprint density at radius 3 is 0.869 bits per heavy atom. The van der Waals surface area contributed by atoms with Crippen molar-refractivity contribution in [2.75, 3.05) is 18.0 Å². The number of terminal acetylenes is 1. The lowest BCUT2D eigenvalue weighted by Crippen LogP contribution is -2.17. The van der Waals surface area contributed by atoms with E-state index in [-0.39, 0.29) is 49.2 Å². The Morgan fingerprint density at radius 1 is 0.297 bits per heavy atom. The van der Waals surface area contributed by atoms with Crippen molar-refractivity contribution in [3.05, 3.63) is 307 Å². The molecular weight excluding hydrogens is 1890 g/mol. The van der Waals surface area contributed by atoms with Crippen LogP contribution in [0.25, 0.3) is 24.3 Å². The fraction of sp³-hybridized carbons (Fsp3) is 0.146. The molecule has 0 radical (unpaired) electrons. The third kappa shape index (κ3) is 51.8. The van der Waals surface area contributed by atoms with E-state index < -0.39 is 0 Å². The van der Waals surface area contributed by atoms with E-state index in [1.165, 1.54) is 97.5 Å². The van der Waals surface area contributed by atoms with Gasteiger partial charge in [-0.05, 0) is 215 Å². The first-order valence-electron chi connectivity index (χ1n) is 41.5. The first-order chi connectivity index (χ1) is 70.7. The number of hydrogen-bond donors (Lipinski definition) is 8. The fourth-order valence-electron chi connectivity index (χ4n) is 11.1. The van der Waals surface area contributed by atoms with E-state index >= 15 is 0 Å². The second-order valence-corrected chi connectivity index (χ2v) is 27.6. The molecule has 16 aromatic rings. The van der Waals surface area contributed by atoms with Crippen LogP contribution in [0.15, 0.2) is 268 Å². The van der Waals surface area contributed by atoms with Crippen LogP contribution in [0.3, 0.4) is 0 Å². The minimum absolute atomic E-state index is 0.250. The lowest BCUT2D eigenvalue weighted by Gasteiger charge is -2.17. The average molecular weight is 1970 g/mol. The van der Waals surface area contributed by atoms with Crippen molar-refractivity contribution in [3.63, 3.8) is 0 Å². The van der Waals surface area contributed by atoms with Gasteiger partial charge >= 0.3 is 49.2 Å². The molecule has 0 atom stereocenters. The predicted octanol–water partition coefficient (Wildman–Crippen LogP) is 14.6. The third-order valence-electron chi connectivity index (χ3n) is 16.9. The van der Waals surface area contributed by atoms with Crippen LogP contribution in [0.2, 0.25) is 0 Å². The molecule has 8 N–H and O–H groups in total. The molecule has 0 spiro atoms. The van der Waals surface area contributed by atoms with Crippen molar-refractivity contribution in [3.8, 4) is 105 Å². The summed E-state index contributed by atoms with van der Waals surface area (Å²) in [6.45, 7) is 17.9. The summed E-state index contributed by atoms with van der Waals surface area (Å²) in [4.78, 5) is 132. The average Bonchev–Trinajstić information content (AvgIpc) is 1.71. The number of rotatable bonds is 23. The van der Waals surface area contributed by atoms with Crippen LogP contribution in [0.5, 0.6) is 93.0 Å². The molecule has 2 saturated carbocycles. The third-order valence-corrected chi connectivity index (χ3v) is 16.9. The molecule has 3 aliphatic rings. The zero-order valence-electron chi connectivity index (χ0n) is 77.1. The number of nitrogens with one attached hydrogen (secondary N) is 8. The topological polar surface area (TPSA) is 683 Å². The van der Waals surface area contributed by atoms with Crippen LogP contribution in [-0.4, -0.2) is 186 Å². The van der Waals surface area contributed by atoms with Gasteiger partial charge in [0.2, 0.25) is 0 Å². The summed E-state index contributed by atoms with van der Waals surface area (Å²) in [6, 6.07) is 62.4. The van der Waals surface area contributed by atoms with Crippen molar-refractivity contribution >= 4 is 79.2 Å². The van der Waals surface area contributed by atoms with Crippen LogP contribution in [-0.2, 0) is 76.7 Å². The maximum atomic E-state index is 8.12. The van der Waals surface area contributed by atoms with E-state index in [1.807, 2.05) is 152 Å². The highest BCUT2D eigenvalue weighted by Crippen LogP contribution is 2.42. The normalized spacial score (nSPS) is 10.3. The van der Waals surface area contributed by atoms with Gasteiger partial charge in [-0.2, -0.15) is 159 Å². The van der Waals surface area contributed by atoms with Crippen molar-refractivity contribution in [1.82, 2.24) is 123 Å². The molecule has 49 nitrogen and oxygen atoms in total. The van der Waals surface area contributed by atoms with Crippen LogP contribution >= 0.6 is 0 Å². The second kappa shape index (κ2) is 72.1. The van der Waals surface area contributed by atoms with Gasteiger partial charge in [0, 0.05) is 30.4 Å². The number of nitrogens with zero attached hydrogens (tertiary/aromatic N) is 17. The van der Waals surface area contributed by atoms with E-state index in [0.29, 0.717) is 52.8 Å². The van der Waals surface area contributed by atoms with Crippen molar-refractivity contribution < 1.29 is 115 Å². The highest BCUT2D eigenvalue weighted by atomic mass is 16.5. The van der Waals surface area contributed by atoms with Gasteiger partial charge in [-0.25, -0.2) is 0 Å². The Kier molecular flexibility index (Phi) is 57.7. The highest BCUT2D eigenvalue weighted by Gasteiger charge is 2.25. The predicted molar refractivity (Wildman–Crippen MR) is 495 cm³/mol. The number of carbonyl (C=O) groups excluding carboxylic acids is 16. The van der Waals surface area contributed by atoms with Gasteiger partial charge in [-0.3, -0.25) is 0 Å². The standard InChI is InChI=1S/C12H14N4O.2C12H13N3O.2C11H11N3O.2C10H9N3O.C10H7N3O.8CO2/c1-2-7-16(6-1)10-4-3-5-11(8-10)17-12-9-13-15-14-12;1-9(2)7-10-3-5-11(6-4-10)16-12-8-13-15-14-12;1-9(2)6-10-4-3-5-11(7-10)16-12-8-13-15-14-12;1-2-8(1)9-3-5-10(6-4-9)15-11-7-12-14-13-11;1-2-9(8-4-5-8)6-10(3-1)15-11-7-12-14-13-11;1-2-8-3-5-9(6-4-8)14-10-7-11-13-12-10;2*1-2-8-4-3-5-9(6-8)14-10-7-11-13-12-10;8*2-1-3/h3-5,8-9H,1-2,6-7H2,(H,13,14,15);2*3-8H,1-2H3,(H,13,14,15);3-8H,1-2H2,(H,12,13,14);1-3,6-8H,4-5H2,(H,12,13,14);2*2-7H,1H2,(H,11,12,13);1,3-7H,(H,11,12,13);;;;;;;;. The maximum Gasteiger partial charge on any atom is 0.373 e. The van der Waals surface area contributed by atoms with Gasteiger partial charge < -0.3 is 42.8 Å². The van der Waals surface area contributed by atoms with E-state index in [1.54, 1.807) is 42.9 Å². The van der Waals surface area contributed by atoms with Gasteiger partial charge in [-0.15, -0.1) is 47.2 Å². The van der Waals surface area contributed by atoms with Crippen molar-refractivity contribution in [2.24, 2.45) is 0 Å². The molecule has 3 fully saturated rings. The monoisotopic (exact) mass is 1970 g/mol. The first-order valence-corrected chi connectivity index (χ1v) is 41.5. The Labute approximate surface area is 821 Å². The summed E-state index contributed by atoms with van der Waals surface area (Å²) in [5, 5.41) is 79.7. The van der Waals surface area contributed by atoms with Gasteiger partial charge in [0.05, 0.1) is 0 Å². The lowest BCUT2D eigenvalue weighted by atomic mass is 10.1. The molecule has 0 unspecified atom stereocenters. The molecule has 740 valence electrons. The number of aromatic amines is 8. The highest BCUT2D eigenvalue weighted by molar-refractivity contribution is 5.56. The molecule has 8 aromatic heterocycles. The van der Waals surface area contributed by atoms with Gasteiger partial charge in [0.15, 0.2) is 0 Å². The summed E-state index contributed by atoms with van der Waals surface area (Å²) in [6.07, 6.45) is 35.0. The maximum absolute atomic E-state index is 8.12.